The molecule has 1 aliphatic carbocycles. The average Bonchev–Trinajstić information content (AvgIpc) is 3.89. The van der Waals surface area contributed by atoms with E-state index in [9.17, 15) is 33.6 Å². The molecule has 0 aromatic heterocycles. The minimum Gasteiger partial charge on any atom is -0.381 e. The molecule has 438 valence electrons. The molecule has 1 aromatic carbocycles. The van der Waals surface area contributed by atoms with Crippen LogP contribution in [0.3, 0.4) is 0 Å². The van der Waals surface area contributed by atoms with Gasteiger partial charge in [-0.3, -0.25) is 48.2 Å². The van der Waals surface area contributed by atoms with Gasteiger partial charge in [-0.15, -0.1) is 0 Å². The lowest BCUT2D eigenvalue weighted by molar-refractivity contribution is -0.200. The van der Waals surface area contributed by atoms with Crippen LogP contribution in [0.25, 0.3) is 0 Å². The molecule has 6 amide bonds. The van der Waals surface area contributed by atoms with Crippen LogP contribution in [0.4, 0.5) is 0 Å². The number of nitrogens with one attached hydrogen (secondary N) is 2. The second-order valence-electron chi connectivity index (χ2n) is 22.8. The Kier molecular flexibility index (Phi) is 25.8. The predicted molar refractivity (Wildman–Crippen MR) is 294 cm³/mol. The zero-order valence-corrected chi connectivity index (χ0v) is 48.7. The third-order valence-electron chi connectivity index (χ3n) is 16.4. The zero-order chi connectivity index (χ0) is 57.1. The van der Waals surface area contributed by atoms with E-state index in [-0.39, 0.29) is 109 Å². The highest BCUT2D eigenvalue weighted by atomic mass is 16.7. The first-order valence-corrected chi connectivity index (χ1v) is 28.8. The number of carbonyl (C=O) groups is 7. The lowest BCUT2D eigenvalue weighted by Crippen LogP contribution is -2.56. The Hall–Kier alpha value is -4.63. The molecule has 2 N–H and O–H groups in total. The van der Waals surface area contributed by atoms with Gasteiger partial charge in [-0.1, -0.05) is 92.1 Å². The van der Waals surface area contributed by atoms with Crippen molar-refractivity contribution in [3.05, 3.63) is 48.0 Å². The quantitative estimate of drug-likeness (QED) is 0.0649. The number of amides is 6. The van der Waals surface area contributed by atoms with Crippen LogP contribution in [0.1, 0.15) is 125 Å². The molecule has 19 nitrogen and oxygen atoms in total. The van der Waals surface area contributed by atoms with Gasteiger partial charge in [0.25, 0.3) is 17.7 Å². The Bertz CT molecular complexity index is 2120. The Balaban J connectivity index is 1.11. The molecule has 4 aliphatic rings. The normalized spacial score (nSPS) is 22.6. The molecule has 3 aliphatic heterocycles. The summed E-state index contributed by atoms with van der Waals surface area (Å²) in [6.07, 6.45) is 6.86. The summed E-state index contributed by atoms with van der Waals surface area (Å²) in [6.45, 7) is 20.1. The van der Waals surface area contributed by atoms with E-state index in [0.717, 1.165) is 36.1 Å². The maximum atomic E-state index is 14.5. The Morgan fingerprint density at radius 3 is 2.04 bits per heavy atom. The van der Waals surface area contributed by atoms with Crippen LogP contribution in [-0.4, -0.2) is 191 Å². The van der Waals surface area contributed by atoms with E-state index < -0.39 is 35.7 Å². The van der Waals surface area contributed by atoms with Crippen LogP contribution in [0.15, 0.2) is 42.5 Å². The number of likely N-dealkylation sites (N-methyl/N-ethyl adjacent to an activating group) is 1. The second-order valence-corrected chi connectivity index (χ2v) is 22.8. The first kappa shape index (κ1) is 64.2. The molecule has 5 rings (SSSR count). The molecule has 3 fully saturated rings. The van der Waals surface area contributed by atoms with Gasteiger partial charge in [0, 0.05) is 58.3 Å². The molecule has 11 atom stereocenters. The maximum absolute atomic E-state index is 14.5. The number of Topliss-reactive ketones (excluding diaryl/α,β-unsaturated/α-hetero) is 1. The number of benzene rings is 1. The first-order chi connectivity index (χ1) is 37.3. The zero-order valence-electron chi connectivity index (χ0n) is 48.7. The van der Waals surface area contributed by atoms with Gasteiger partial charge in [-0.05, 0) is 80.7 Å². The third kappa shape index (κ3) is 17.4. The lowest BCUT2D eigenvalue weighted by atomic mass is 9.77. The molecule has 3 heterocycles. The number of rotatable bonds is 35. The lowest BCUT2D eigenvalue weighted by Gasteiger charge is -2.37. The third-order valence-corrected chi connectivity index (χ3v) is 16.4. The van der Waals surface area contributed by atoms with Crippen LogP contribution >= 0.6 is 0 Å². The maximum Gasteiger partial charge on any atom is 0.272 e. The molecule has 78 heavy (non-hydrogen) atoms. The van der Waals surface area contributed by atoms with Crippen LogP contribution in [0.2, 0.25) is 0 Å². The van der Waals surface area contributed by atoms with E-state index in [1.807, 2.05) is 81.8 Å². The number of likely N-dealkylation sites (tertiary alicyclic amines) is 1. The van der Waals surface area contributed by atoms with Crippen molar-refractivity contribution in [1.82, 2.24) is 30.4 Å². The highest BCUT2D eigenvalue weighted by molar-refractivity contribution is 6.12. The summed E-state index contributed by atoms with van der Waals surface area (Å²) < 4.78 is 29.2. The van der Waals surface area contributed by atoms with Crippen molar-refractivity contribution in [2.75, 3.05) is 93.7 Å². The van der Waals surface area contributed by atoms with Crippen molar-refractivity contribution in [1.29, 1.82) is 0 Å². The second kappa shape index (κ2) is 31.4. The van der Waals surface area contributed by atoms with E-state index in [1.165, 1.54) is 17.2 Å². The molecule has 0 radical (unpaired) electrons. The van der Waals surface area contributed by atoms with Gasteiger partial charge in [0.05, 0.1) is 95.5 Å². The summed E-state index contributed by atoms with van der Waals surface area (Å²) in [7, 11) is 5.09. The number of ketones is 1. The van der Waals surface area contributed by atoms with Crippen LogP contribution in [0, 0.1) is 35.5 Å². The topological polar surface area (TPSA) is 212 Å². The summed E-state index contributed by atoms with van der Waals surface area (Å²) in [4.78, 5) is 105. The Morgan fingerprint density at radius 1 is 0.795 bits per heavy atom. The molecule has 1 saturated carbocycles. The number of methoxy groups -OCH3 is 2. The van der Waals surface area contributed by atoms with E-state index in [1.54, 1.807) is 14.2 Å². The summed E-state index contributed by atoms with van der Waals surface area (Å²) in [5.74, 6) is -2.58. The number of ether oxygens (including phenoxy) is 5. The van der Waals surface area contributed by atoms with Gasteiger partial charge < -0.3 is 39.2 Å². The first-order valence-electron chi connectivity index (χ1n) is 28.8. The Labute approximate surface area is 464 Å². The van der Waals surface area contributed by atoms with E-state index in [4.69, 9.17) is 28.5 Å². The van der Waals surface area contributed by atoms with Crippen molar-refractivity contribution in [3.8, 4) is 0 Å². The van der Waals surface area contributed by atoms with Crippen molar-refractivity contribution in [2.45, 2.75) is 155 Å². The monoisotopic (exact) mass is 1090 g/mol. The van der Waals surface area contributed by atoms with Crippen LogP contribution < -0.4 is 10.6 Å². The van der Waals surface area contributed by atoms with Crippen molar-refractivity contribution in [2.24, 2.45) is 35.5 Å². The SMILES string of the molecule is CC[C@H](C)[C@H](CC(C)CC(=O)[C@@H](NC(=O)[C@H](C(C)C)N(C)CCOCCOCCOCCN1C(=O)C=CC1=O)C(C)C)[C@@H](CC(=O)N1CCC[C@H]1[C@H](OC)[C@@H](C)C(=O)N[C@@]1(C(=O)N2CCCCO2)C[C@@H]1c1ccccc1)OC. The standard InChI is InChI=1S/C59H94N6O13/c1-12-42(7)45(35-41(6)36-48(66)53(39(2)3)60-57(71)54(40(4)5)62(9)26-29-75-31-33-77-34-32-76-30-27-64-50(67)22-23-51(64)68)49(73-10)37-52(69)63-24-18-21-47(63)55(74-11)43(8)56(70)61-59(58(72)65-25-16-17-28-78-65)38-46(59)44-19-14-13-15-20-44/h13-15,19-20,22-23,39-43,45-47,49,53-55H,12,16-18,21,24-38H2,1-11H3,(H,60,71)(H,61,70)/t41?,42-,43+,45-,46+,47-,49+,53-,54-,55+,59-/m0/s1. The van der Waals surface area contributed by atoms with Gasteiger partial charge in [0.2, 0.25) is 17.7 Å². The fraction of sp³-hybridized carbons (Fsp3) is 0.746. The van der Waals surface area contributed by atoms with Gasteiger partial charge in [0.1, 0.15) is 5.54 Å². The van der Waals surface area contributed by atoms with Crippen molar-refractivity contribution >= 4 is 41.2 Å². The van der Waals surface area contributed by atoms with Gasteiger partial charge in [-0.2, -0.15) is 0 Å². The highest BCUT2D eigenvalue weighted by Gasteiger charge is 2.64. The highest BCUT2D eigenvalue weighted by Crippen LogP contribution is 2.53. The van der Waals surface area contributed by atoms with E-state index >= 15 is 0 Å². The molecular formula is C59H94N6O13. The Morgan fingerprint density at radius 2 is 1.45 bits per heavy atom. The molecule has 1 aromatic rings. The number of carbonyl (C=O) groups excluding carboxylic acids is 7. The van der Waals surface area contributed by atoms with Gasteiger partial charge in [0.15, 0.2) is 5.78 Å². The minimum atomic E-state index is -1.14. The average molecular weight is 1100 g/mol. The number of imide groups is 1. The molecule has 19 heteroatoms. The number of hydrogen-bond donors (Lipinski definition) is 2. The number of nitrogens with zero attached hydrogens (tertiary/aromatic N) is 4. The molecule has 1 unspecified atom stereocenters. The number of hydrogen-bond acceptors (Lipinski definition) is 14. The van der Waals surface area contributed by atoms with Crippen molar-refractivity contribution < 1.29 is 62.1 Å². The molecule has 0 spiro atoms. The smallest absolute Gasteiger partial charge is 0.272 e. The minimum absolute atomic E-state index is 0.0390. The van der Waals surface area contributed by atoms with Crippen LogP contribution in [0.5, 0.6) is 0 Å². The predicted octanol–water partition coefficient (Wildman–Crippen LogP) is 5.35. The summed E-state index contributed by atoms with van der Waals surface area (Å²) in [6, 6.07) is 8.21. The molecular weight excluding hydrogens is 1000 g/mol. The van der Waals surface area contributed by atoms with Gasteiger partial charge >= 0.3 is 0 Å². The van der Waals surface area contributed by atoms with Crippen molar-refractivity contribution in [3.63, 3.8) is 0 Å². The molecule has 0 bridgehead atoms. The van der Waals surface area contributed by atoms with Crippen LogP contribution in [-0.2, 0) is 62.1 Å². The summed E-state index contributed by atoms with van der Waals surface area (Å²) in [5.41, 5.74) is -0.160. The fourth-order valence-electron chi connectivity index (χ4n) is 11.7. The fourth-order valence-corrected chi connectivity index (χ4v) is 11.7. The largest absolute Gasteiger partial charge is 0.381 e. The van der Waals surface area contributed by atoms with E-state index in [2.05, 4.69) is 31.4 Å². The summed E-state index contributed by atoms with van der Waals surface area (Å²) >= 11 is 0. The number of hydroxylamine groups is 2. The molecule has 2 saturated heterocycles. The van der Waals surface area contributed by atoms with E-state index in [0.29, 0.717) is 78.5 Å². The summed E-state index contributed by atoms with van der Waals surface area (Å²) in [5, 5.41) is 7.72. The van der Waals surface area contributed by atoms with Gasteiger partial charge in [-0.25, -0.2) is 5.06 Å².